The van der Waals surface area contributed by atoms with Crippen molar-refractivity contribution < 1.29 is 4.42 Å². The van der Waals surface area contributed by atoms with Crippen LogP contribution in [0.2, 0.25) is 0 Å². The molecule has 0 fully saturated rings. The molecule has 0 aliphatic rings. The molecule has 0 radical (unpaired) electrons. The van der Waals surface area contributed by atoms with Crippen molar-refractivity contribution in [3.63, 3.8) is 0 Å². The van der Waals surface area contributed by atoms with Gasteiger partial charge in [0.25, 0.3) is 0 Å². The van der Waals surface area contributed by atoms with Gasteiger partial charge in [-0.2, -0.15) is 0 Å². The van der Waals surface area contributed by atoms with Gasteiger partial charge in [-0.25, -0.2) is 0 Å². The SMILES string of the molecule is c1cnc2c(c1)ccc1cccc(-c3cc(-c4cccc5ccc6cccnc6c45)c4oc5c(-c6cccc7ccc8cccnc8c67)cccc5c4c3)c12. The molecule has 4 heterocycles. The Morgan fingerprint density at radius 3 is 1.29 bits per heavy atom. The fraction of sp³-hybridized carbons (Fsp3) is 0. The van der Waals surface area contributed by atoms with Crippen molar-refractivity contribution in [2.45, 2.75) is 0 Å². The Labute approximate surface area is 315 Å². The molecule has 0 saturated carbocycles. The number of furan rings is 1. The zero-order valence-corrected chi connectivity index (χ0v) is 29.5. The van der Waals surface area contributed by atoms with Crippen molar-refractivity contribution in [2.24, 2.45) is 0 Å². The first kappa shape index (κ1) is 30.1. The minimum atomic E-state index is 0.845. The summed E-state index contributed by atoms with van der Waals surface area (Å²) >= 11 is 0. The number of hydrogen-bond acceptors (Lipinski definition) is 4. The van der Waals surface area contributed by atoms with Crippen LogP contribution in [0.5, 0.6) is 0 Å². The van der Waals surface area contributed by atoms with Gasteiger partial charge in [0.15, 0.2) is 0 Å². The van der Waals surface area contributed by atoms with Gasteiger partial charge >= 0.3 is 0 Å². The van der Waals surface area contributed by atoms with Crippen LogP contribution in [0, 0.1) is 0 Å². The summed E-state index contributed by atoms with van der Waals surface area (Å²) in [7, 11) is 0. The number of para-hydroxylation sites is 1. The highest BCUT2D eigenvalue weighted by Crippen LogP contribution is 2.47. The molecule has 0 aliphatic carbocycles. The largest absolute Gasteiger partial charge is 0.455 e. The van der Waals surface area contributed by atoms with Crippen LogP contribution in [0.3, 0.4) is 0 Å². The molecular formula is C51H29N3O. The molecule has 254 valence electrons. The lowest BCUT2D eigenvalue weighted by molar-refractivity contribution is 0.671. The third kappa shape index (κ3) is 4.43. The van der Waals surface area contributed by atoms with E-state index in [0.717, 1.165) is 120 Å². The average molecular weight is 700 g/mol. The van der Waals surface area contributed by atoms with E-state index in [4.69, 9.17) is 19.4 Å². The Kier molecular flexibility index (Phi) is 6.31. The zero-order chi connectivity index (χ0) is 36.0. The van der Waals surface area contributed by atoms with Crippen molar-refractivity contribution in [3.05, 3.63) is 176 Å². The van der Waals surface area contributed by atoms with Crippen molar-refractivity contribution in [1.29, 1.82) is 0 Å². The first-order valence-electron chi connectivity index (χ1n) is 18.6. The highest BCUT2D eigenvalue weighted by molar-refractivity contribution is 6.22. The summed E-state index contributed by atoms with van der Waals surface area (Å²) in [6, 6.07) is 56.2. The average Bonchev–Trinajstić information content (AvgIpc) is 3.64. The van der Waals surface area contributed by atoms with Gasteiger partial charge in [-0.15, -0.1) is 0 Å². The normalized spacial score (nSPS) is 12.0. The monoisotopic (exact) mass is 699 g/mol. The van der Waals surface area contributed by atoms with E-state index in [2.05, 4.69) is 140 Å². The Balaban J connectivity index is 1.23. The third-order valence-corrected chi connectivity index (χ3v) is 11.3. The molecule has 0 spiro atoms. The number of hydrogen-bond donors (Lipinski definition) is 0. The topological polar surface area (TPSA) is 51.8 Å². The number of benzene rings is 8. The van der Waals surface area contributed by atoms with E-state index in [9.17, 15) is 0 Å². The summed E-state index contributed by atoms with van der Waals surface area (Å²) in [6.07, 6.45) is 5.65. The molecule has 4 nitrogen and oxygen atoms in total. The number of nitrogens with zero attached hydrogens (tertiary/aromatic N) is 3. The van der Waals surface area contributed by atoms with Crippen LogP contribution in [-0.2, 0) is 0 Å². The molecule has 0 unspecified atom stereocenters. The van der Waals surface area contributed by atoms with E-state index in [1.165, 1.54) is 0 Å². The second kappa shape index (κ2) is 11.5. The molecule has 0 amide bonds. The number of fused-ring (bicyclic) bond motifs is 12. The van der Waals surface area contributed by atoms with Crippen LogP contribution in [0.25, 0.3) is 120 Å². The van der Waals surface area contributed by atoms with E-state index < -0.39 is 0 Å². The van der Waals surface area contributed by atoms with Gasteiger partial charge in [-0.3, -0.25) is 15.0 Å². The fourth-order valence-electron chi connectivity index (χ4n) is 8.90. The van der Waals surface area contributed by atoms with Gasteiger partial charge < -0.3 is 4.42 Å². The standard InChI is InChI=1S/C51H29N3O/c1-8-30-19-22-33-11-5-25-52-47(33)44(30)37(14-1)36-28-42(39-16-3-10-32-21-24-35-13-7-27-54-49(35)46(32)39)51-43(29-36)41-18-4-17-40(50(41)55-51)38-15-2-9-31-20-23-34-12-6-26-53-48(34)45(31)38/h1-29H. The molecule has 55 heavy (non-hydrogen) atoms. The summed E-state index contributed by atoms with van der Waals surface area (Å²) < 4.78 is 7.24. The first-order chi connectivity index (χ1) is 27.3. The van der Waals surface area contributed by atoms with E-state index in [1.807, 2.05) is 36.8 Å². The Bertz CT molecular complexity index is 3560. The second-order valence-electron chi connectivity index (χ2n) is 14.3. The summed E-state index contributed by atoms with van der Waals surface area (Å²) in [5.74, 6) is 0. The third-order valence-electron chi connectivity index (χ3n) is 11.3. The summed E-state index contributed by atoms with van der Waals surface area (Å²) in [5, 5.41) is 12.3. The molecule has 4 heteroatoms. The van der Waals surface area contributed by atoms with Crippen LogP contribution in [0.4, 0.5) is 0 Å². The quantitative estimate of drug-likeness (QED) is 0.172. The van der Waals surface area contributed by atoms with Gasteiger partial charge in [0.2, 0.25) is 0 Å². The van der Waals surface area contributed by atoms with Crippen molar-refractivity contribution in [1.82, 2.24) is 15.0 Å². The van der Waals surface area contributed by atoms with Crippen LogP contribution >= 0.6 is 0 Å². The molecule has 0 saturated heterocycles. The van der Waals surface area contributed by atoms with Crippen LogP contribution in [0.15, 0.2) is 181 Å². The lowest BCUT2D eigenvalue weighted by Crippen LogP contribution is -1.90. The Morgan fingerprint density at radius 1 is 0.309 bits per heavy atom. The predicted octanol–water partition coefficient (Wildman–Crippen LogP) is 13.7. The first-order valence-corrected chi connectivity index (χ1v) is 18.6. The number of rotatable bonds is 3. The zero-order valence-electron chi connectivity index (χ0n) is 29.5. The minimum absolute atomic E-state index is 0.845. The van der Waals surface area contributed by atoms with Gasteiger partial charge in [-0.05, 0) is 68.7 Å². The van der Waals surface area contributed by atoms with Gasteiger partial charge in [0.05, 0.1) is 16.6 Å². The van der Waals surface area contributed by atoms with Crippen LogP contribution < -0.4 is 0 Å². The minimum Gasteiger partial charge on any atom is -0.455 e. The van der Waals surface area contributed by atoms with E-state index >= 15 is 0 Å². The van der Waals surface area contributed by atoms with Gasteiger partial charge in [0.1, 0.15) is 11.2 Å². The lowest BCUT2D eigenvalue weighted by Gasteiger charge is -2.14. The summed E-state index contributed by atoms with van der Waals surface area (Å²) in [5.41, 5.74) is 11.1. The van der Waals surface area contributed by atoms with Crippen molar-refractivity contribution in [2.75, 3.05) is 0 Å². The molecule has 12 aromatic rings. The smallest absolute Gasteiger partial charge is 0.143 e. The van der Waals surface area contributed by atoms with E-state index in [0.29, 0.717) is 0 Å². The molecule has 12 rings (SSSR count). The molecule has 0 atom stereocenters. The van der Waals surface area contributed by atoms with Crippen molar-refractivity contribution in [3.8, 4) is 33.4 Å². The predicted molar refractivity (Wildman–Crippen MR) is 228 cm³/mol. The maximum absolute atomic E-state index is 7.24. The molecule has 8 aromatic carbocycles. The van der Waals surface area contributed by atoms with Crippen LogP contribution in [0.1, 0.15) is 0 Å². The molecule has 4 aromatic heterocycles. The molecule has 0 N–H and O–H groups in total. The highest BCUT2D eigenvalue weighted by atomic mass is 16.3. The molecule has 0 bridgehead atoms. The maximum atomic E-state index is 7.24. The van der Waals surface area contributed by atoms with E-state index in [-0.39, 0.29) is 0 Å². The second-order valence-corrected chi connectivity index (χ2v) is 14.3. The Hall–Kier alpha value is -7.43. The summed E-state index contributed by atoms with van der Waals surface area (Å²) in [4.78, 5) is 14.7. The van der Waals surface area contributed by atoms with E-state index in [1.54, 1.807) is 0 Å². The van der Waals surface area contributed by atoms with Crippen molar-refractivity contribution >= 4 is 87.0 Å². The van der Waals surface area contributed by atoms with Gasteiger partial charge in [0, 0.05) is 72.8 Å². The maximum Gasteiger partial charge on any atom is 0.143 e. The lowest BCUT2D eigenvalue weighted by atomic mass is 9.89. The van der Waals surface area contributed by atoms with Crippen LogP contribution in [-0.4, -0.2) is 15.0 Å². The summed E-state index contributed by atoms with van der Waals surface area (Å²) in [6.45, 7) is 0. The highest BCUT2D eigenvalue weighted by Gasteiger charge is 2.22. The van der Waals surface area contributed by atoms with Gasteiger partial charge in [-0.1, -0.05) is 127 Å². The molecular weight excluding hydrogens is 671 g/mol. The number of pyridine rings is 3. The number of aromatic nitrogens is 3. The fourth-order valence-corrected chi connectivity index (χ4v) is 8.90. The Morgan fingerprint density at radius 2 is 0.727 bits per heavy atom. The molecule has 0 aliphatic heterocycles.